The van der Waals surface area contributed by atoms with Crippen LogP contribution >= 0.6 is 11.8 Å². The van der Waals surface area contributed by atoms with Gasteiger partial charge < -0.3 is 5.73 Å². The number of anilines is 1. The zero-order valence-electron chi connectivity index (χ0n) is 9.69. The Hall–Kier alpha value is -1.83. The number of aromatic nitrogens is 3. The predicted molar refractivity (Wildman–Crippen MR) is 66.0 cm³/mol. The molecule has 3 rings (SSSR count). The summed E-state index contributed by atoms with van der Waals surface area (Å²) in [4.78, 5) is 11.3. The normalized spacial score (nSPS) is 14.8. The van der Waals surface area contributed by atoms with Gasteiger partial charge in [0.1, 0.15) is 11.6 Å². The van der Waals surface area contributed by atoms with E-state index in [4.69, 9.17) is 5.73 Å². The van der Waals surface area contributed by atoms with Crippen LogP contribution in [0, 0.1) is 11.6 Å². The van der Waals surface area contributed by atoms with Crippen LogP contribution in [0.3, 0.4) is 0 Å². The number of hydrogen-bond acceptors (Lipinski definition) is 4. The van der Waals surface area contributed by atoms with Gasteiger partial charge in [-0.2, -0.15) is 0 Å². The number of nitrogens with two attached hydrogens (primary N) is 1. The fraction of sp³-hybridized carbons (Fsp3) is 0.273. The predicted octanol–water partition coefficient (Wildman–Crippen LogP) is 1.92. The molecule has 19 heavy (non-hydrogen) atoms. The number of nitrogens with one attached hydrogen (secondary N) is 1. The molecule has 2 aromatic rings. The maximum Gasteiger partial charge on any atom is 0.344 e. The first-order valence-corrected chi connectivity index (χ1v) is 6.47. The number of halogens is 2. The molecule has 0 bridgehead atoms. The molecular weight excluding hydrogens is 274 g/mol. The van der Waals surface area contributed by atoms with Crippen LogP contribution < -0.4 is 11.4 Å². The number of rotatable bonds is 3. The van der Waals surface area contributed by atoms with Gasteiger partial charge in [-0.3, -0.25) is 4.57 Å². The van der Waals surface area contributed by atoms with E-state index in [1.807, 2.05) is 0 Å². The van der Waals surface area contributed by atoms with E-state index in [9.17, 15) is 13.6 Å². The van der Waals surface area contributed by atoms with Crippen LogP contribution in [0.25, 0.3) is 0 Å². The van der Waals surface area contributed by atoms with Gasteiger partial charge in [-0.25, -0.2) is 18.7 Å². The van der Waals surface area contributed by atoms with Gasteiger partial charge in [0.25, 0.3) is 0 Å². The highest BCUT2D eigenvalue weighted by molar-refractivity contribution is 7.99. The van der Waals surface area contributed by atoms with Crippen molar-refractivity contribution in [3.05, 3.63) is 34.3 Å². The molecule has 1 aromatic heterocycles. The molecule has 3 N–H and O–H groups in total. The van der Waals surface area contributed by atoms with Crippen molar-refractivity contribution in [3.63, 3.8) is 0 Å². The number of benzene rings is 1. The van der Waals surface area contributed by atoms with E-state index in [0.29, 0.717) is 0 Å². The van der Waals surface area contributed by atoms with Crippen LogP contribution in [0.4, 0.5) is 14.5 Å². The van der Waals surface area contributed by atoms with Crippen molar-refractivity contribution in [1.29, 1.82) is 0 Å². The molecule has 1 aliphatic rings. The largest absolute Gasteiger partial charge is 0.399 e. The Morgan fingerprint density at radius 3 is 2.58 bits per heavy atom. The van der Waals surface area contributed by atoms with E-state index in [2.05, 4.69) is 10.2 Å². The second-order valence-electron chi connectivity index (χ2n) is 4.33. The molecule has 8 heteroatoms. The van der Waals surface area contributed by atoms with Crippen molar-refractivity contribution in [2.45, 2.75) is 28.9 Å². The maximum absolute atomic E-state index is 13.7. The molecule has 0 amide bonds. The molecule has 0 radical (unpaired) electrons. The summed E-state index contributed by atoms with van der Waals surface area (Å²) in [5, 5.41) is 6.36. The lowest BCUT2D eigenvalue weighted by molar-refractivity contribution is 0.540. The third-order valence-corrected chi connectivity index (χ3v) is 3.86. The molecule has 1 fully saturated rings. The monoisotopic (exact) mass is 284 g/mol. The van der Waals surface area contributed by atoms with Crippen LogP contribution in [0.15, 0.2) is 27.0 Å². The number of nitrogen functional groups attached to an aromatic ring is 1. The van der Waals surface area contributed by atoms with E-state index in [1.54, 1.807) is 0 Å². The highest BCUT2D eigenvalue weighted by atomic mass is 32.2. The van der Waals surface area contributed by atoms with Crippen LogP contribution in [0.2, 0.25) is 0 Å². The smallest absolute Gasteiger partial charge is 0.344 e. The standard InChI is InChI=1S/C11H10F2N4OS/c12-7-3-5(14)4-8(13)9(7)19-11-16-15-10(18)17(11)6-1-2-6/h3-4,6H,1-2,14H2,(H,15,18). The minimum Gasteiger partial charge on any atom is -0.399 e. The first kappa shape index (κ1) is 12.2. The lowest BCUT2D eigenvalue weighted by Crippen LogP contribution is -2.16. The van der Waals surface area contributed by atoms with Crippen LogP contribution in [0.1, 0.15) is 18.9 Å². The van der Waals surface area contributed by atoms with E-state index < -0.39 is 11.6 Å². The summed E-state index contributed by atoms with van der Waals surface area (Å²) < 4.78 is 28.8. The molecule has 0 saturated heterocycles. The minimum atomic E-state index is -0.764. The van der Waals surface area contributed by atoms with Crippen molar-refractivity contribution in [1.82, 2.24) is 14.8 Å². The molecule has 100 valence electrons. The van der Waals surface area contributed by atoms with Gasteiger partial charge in [-0.1, -0.05) is 0 Å². The quantitative estimate of drug-likeness (QED) is 0.844. The molecular formula is C11H10F2N4OS. The van der Waals surface area contributed by atoms with E-state index in [-0.39, 0.29) is 27.5 Å². The fourth-order valence-electron chi connectivity index (χ4n) is 1.79. The lowest BCUT2D eigenvalue weighted by Gasteiger charge is -2.06. The van der Waals surface area contributed by atoms with Crippen molar-refractivity contribution < 1.29 is 8.78 Å². The molecule has 0 spiro atoms. The maximum atomic E-state index is 13.7. The fourth-order valence-corrected chi connectivity index (χ4v) is 2.70. The first-order chi connectivity index (χ1) is 9.06. The van der Waals surface area contributed by atoms with E-state index in [0.717, 1.165) is 36.7 Å². The molecule has 1 heterocycles. The first-order valence-electron chi connectivity index (χ1n) is 5.65. The molecule has 1 saturated carbocycles. The summed E-state index contributed by atoms with van der Waals surface area (Å²) in [5.41, 5.74) is 5.00. The molecule has 0 atom stereocenters. The second kappa shape index (κ2) is 4.37. The Morgan fingerprint density at radius 2 is 2.00 bits per heavy atom. The van der Waals surface area contributed by atoms with Gasteiger partial charge in [0.05, 0.1) is 4.90 Å². The zero-order valence-corrected chi connectivity index (χ0v) is 10.5. The van der Waals surface area contributed by atoms with Gasteiger partial charge in [-0.05, 0) is 36.7 Å². The Bertz CT molecular complexity index is 669. The topological polar surface area (TPSA) is 76.7 Å². The number of H-pyrrole nitrogens is 1. The minimum absolute atomic E-state index is 0.0148. The Labute approximate surface area is 110 Å². The highest BCUT2D eigenvalue weighted by Crippen LogP contribution is 2.39. The van der Waals surface area contributed by atoms with Crippen molar-refractivity contribution >= 4 is 17.4 Å². The third-order valence-electron chi connectivity index (χ3n) is 2.80. The Morgan fingerprint density at radius 1 is 1.37 bits per heavy atom. The molecule has 0 unspecified atom stereocenters. The number of nitrogens with zero attached hydrogens (tertiary/aromatic N) is 2. The Balaban J connectivity index is 2.00. The van der Waals surface area contributed by atoms with E-state index >= 15 is 0 Å². The van der Waals surface area contributed by atoms with Crippen molar-refractivity contribution in [2.75, 3.05) is 5.73 Å². The van der Waals surface area contributed by atoms with Crippen LogP contribution in [-0.2, 0) is 0 Å². The molecule has 1 aromatic carbocycles. The van der Waals surface area contributed by atoms with E-state index in [1.165, 1.54) is 4.57 Å². The Kier molecular flexibility index (Phi) is 2.81. The second-order valence-corrected chi connectivity index (χ2v) is 5.31. The van der Waals surface area contributed by atoms with Gasteiger partial charge in [0.15, 0.2) is 5.16 Å². The number of aromatic amines is 1. The molecule has 1 aliphatic carbocycles. The average molecular weight is 284 g/mol. The summed E-state index contributed by atoms with van der Waals surface area (Å²) in [5.74, 6) is -1.53. The summed E-state index contributed by atoms with van der Waals surface area (Å²) in [6.07, 6.45) is 1.75. The summed E-state index contributed by atoms with van der Waals surface area (Å²) in [6.45, 7) is 0. The van der Waals surface area contributed by atoms with Crippen molar-refractivity contribution in [2.24, 2.45) is 0 Å². The highest BCUT2D eigenvalue weighted by Gasteiger charge is 2.29. The molecule has 5 nitrogen and oxygen atoms in total. The number of hydrogen-bond donors (Lipinski definition) is 2. The van der Waals surface area contributed by atoms with Crippen LogP contribution in [0.5, 0.6) is 0 Å². The van der Waals surface area contributed by atoms with Crippen LogP contribution in [-0.4, -0.2) is 14.8 Å². The zero-order chi connectivity index (χ0) is 13.6. The third kappa shape index (κ3) is 2.23. The van der Waals surface area contributed by atoms with Gasteiger partial charge in [-0.15, -0.1) is 5.10 Å². The summed E-state index contributed by atoms with van der Waals surface area (Å²) in [7, 11) is 0. The summed E-state index contributed by atoms with van der Waals surface area (Å²) >= 11 is 0.780. The van der Waals surface area contributed by atoms with Gasteiger partial charge in [0.2, 0.25) is 0 Å². The van der Waals surface area contributed by atoms with Gasteiger partial charge in [0, 0.05) is 11.7 Å². The average Bonchev–Trinajstić information content (AvgIpc) is 3.09. The lowest BCUT2D eigenvalue weighted by atomic mass is 10.3. The SMILES string of the molecule is Nc1cc(F)c(Sc2n[nH]c(=O)n2C2CC2)c(F)c1. The summed E-state index contributed by atoms with van der Waals surface area (Å²) in [6, 6.07) is 2.16. The molecule has 0 aliphatic heterocycles. The van der Waals surface area contributed by atoms with Crippen molar-refractivity contribution in [3.8, 4) is 0 Å². The van der Waals surface area contributed by atoms with Gasteiger partial charge >= 0.3 is 5.69 Å².